The Kier molecular flexibility index (Phi) is 6.40. The standard InChI is InChI=1S/C26H19ClF2N4OS/c1-2-8-21(20(27)15-22(28)29)32-13-14-33-24(25(32)34)30-31-26(33)35-23-18-11-5-3-4-9-16(18)17-10-6-7-12-19(17)23/h2-15,18,22-23H,1H2/b20-15-,21-8+. The molecule has 2 aromatic heterocycles. The number of benzene rings is 1. The molecule has 3 aromatic rings. The Labute approximate surface area is 209 Å². The lowest BCUT2D eigenvalue weighted by atomic mass is 10.00. The quantitative estimate of drug-likeness (QED) is 0.368. The molecule has 9 heteroatoms. The van der Waals surface area contributed by atoms with Gasteiger partial charge in [-0.25, -0.2) is 8.78 Å². The molecular weight excluding hydrogens is 490 g/mol. The first-order chi connectivity index (χ1) is 17.0. The van der Waals surface area contributed by atoms with E-state index in [0.717, 1.165) is 4.57 Å². The fraction of sp³-hybridized carbons (Fsp3) is 0.115. The molecule has 0 saturated carbocycles. The molecule has 35 heavy (non-hydrogen) atoms. The topological polar surface area (TPSA) is 52.2 Å². The van der Waals surface area contributed by atoms with E-state index in [1.165, 1.54) is 46.8 Å². The largest absolute Gasteiger partial charge is 0.300 e. The maximum atomic E-state index is 13.2. The van der Waals surface area contributed by atoms with Gasteiger partial charge in [-0.05, 0) is 22.8 Å². The van der Waals surface area contributed by atoms with Crippen LogP contribution in [0.3, 0.4) is 0 Å². The number of fused-ring (bicyclic) bond motifs is 4. The first-order valence-electron chi connectivity index (χ1n) is 10.8. The highest BCUT2D eigenvalue weighted by Gasteiger charge is 2.36. The summed E-state index contributed by atoms with van der Waals surface area (Å²) < 4.78 is 28.5. The predicted molar refractivity (Wildman–Crippen MR) is 136 cm³/mol. The van der Waals surface area contributed by atoms with E-state index in [0.29, 0.717) is 11.2 Å². The van der Waals surface area contributed by atoms with Crippen molar-refractivity contribution >= 4 is 40.3 Å². The summed E-state index contributed by atoms with van der Waals surface area (Å²) in [5.74, 6) is 0.139. The van der Waals surface area contributed by atoms with Gasteiger partial charge in [-0.3, -0.25) is 13.8 Å². The van der Waals surface area contributed by atoms with E-state index in [9.17, 15) is 13.6 Å². The lowest BCUT2D eigenvalue weighted by molar-refractivity contribution is 0.204. The van der Waals surface area contributed by atoms with Crippen LogP contribution in [-0.4, -0.2) is 25.6 Å². The third kappa shape index (κ3) is 4.24. The van der Waals surface area contributed by atoms with Crippen LogP contribution in [0, 0.1) is 5.92 Å². The number of hydrogen-bond acceptors (Lipinski definition) is 4. The van der Waals surface area contributed by atoms with E-state index in [1.54, 1.807) is 10.6 Å². The van der Waals surface area contributed by atoms with Gasteiger partial charge >= 0.3 is 5.56 Å². The lowest BCUT2D eigenvalue weighted by Crippen LogP contribution is -2.21. The minimum atomic E-state index is -2.77. The summed E-state index contributed by atoms with van der Waals surface area (Å²) >= 11 is 7.59. The highest BCUT2D eigenvalue weighted by Crippen LogP contribution is 2.54. The van der Waals surface area contributed by atoms with E-state index in [4.69, 9.17) is 11.6 Å². The smallest absolute Gasteiger partial charge is 0.278 e. The van der Waals surface area contributed by atoms with Crippen molar-refractivity contribution in [2.75, 3.05) is 0 Å². The molecule has 2 unspecified atom stereocenters. The minimum absolute atomic E-state index is 0.0445. The van der Waals surface area contributed by atoms with Crippen molar-refractivity contribution < 1.29 is 8.78 Å². The molecule has 2 aliphatic carbocycles. The van der Waals surface area contributed by atoms with Crippen molar-refractivity contribution in [3.63, 3.8) is 0 Å². The molecule has 2 heterocycles. The highest BCUT2D eigenvalue weighted by atomic mass is 35.5. The van der Waals surface area contributed by atoms with E-state index < -0.39 is 12.0 Å². The van der Waals surface area contributed by atoms with Crippen LogP contribution >= 0.6 is 23.4 Å². The number of halogens is 3. The Balaban J connectivity index is 1.55. The lowest BCUT2D eigenvalue weighted by Gasteiger charge is -2.16. The number of nitrogens with zero attached hydrogens (tertiary/aromatic N) is 4. The van der Waals surface area contributed by atoms with Gasteiger partial charge in [-0.1, -0.05) is 90.7 Å². The summed E-state index contributed by atoms with van der Waals surface area (Å²) in [4.78, 5) is 13.2. The number of thioether (sulfide) groups is 1. The first kappa shape index (κ1) is 23.3. The minimum Gasteiger partial charge on any atom is -0.278 e. The normalized spacial score (nSPS) is 19.6. The second kappa shape index (κ2) is 9.64. The van der Waals surface area contributed by atoms with E-state index in [2.05, 4.69) is 41.1 Å². The summed E-state index contributed by atoms with van der Waals surface area (Å²) in [5.41, 5.74) is 3.22. The molecule has 5 rings (SSSR count). The zero-order chi connectivity index (χ0) is 24.5. The molecular formula is C26H19ClF2N4OS. The fourth-order valence-electron chi connectivity index (χ4n) is 4.33. The highest BCUT2D eigenvalue weighted by molar-refractivity contribution is 7.99. The Morgan fingerprint density at radius 1 is 1.17 bits per heavy atom. The first-order valence-corrected chi connectivity index (χ1v) is 12.0. The molecule has 0 N–H and O–H groups in total. The molecule has 0 amide bonds. The molecule has 5 nitrogen and oxygen atoms in total. The van der Waals surface area contributed by atoms with Gasteiger partial charge in [-0.2, -0.15) is 0 Å². The fourth-order valence-corrected chi connectivity index (χ4v) is 5.87. The van der Waals surface area contributed by atoms with Crippen LogP contribution in [0.5, 0.6) is 0 Å². The van der Waals surface area contributed by atoms with Crippen LogP contribution in [0.1, 0.15) is 16.4 Å². The van der Waals surface area contributed by atoms with Crippen molar-refractivity contribution in [2.45, 2.75) is 16.8 Å². The number of hydrogen-bond donors (Lipinski definition) is 0. The molecule has 0 bridgehead atoms. The Bertz CT molecular complexity index is 1530. The van der Waals surface area contributed by atoms with Crippen LogP contribution in [0.4, 0.5) is 8.78 Å². The third-order valence-corrected chi connectivity index (χ3v) is 7.41. The van der Waals surface area contributed by atoms with Gasteiger partial charge in [0, 0.05) is 29.6 Å². The molecule has 2 aliphatic rings. The van der Waals surface area contributed by atoms with Crippen molar-refractivity contribution in [3.05, 3.63) is 118 Å². The molecule has 0 saturated heterocycles. The zero-order valence-corrected chi connectivity index (χ0v) is 19.8. The average Bonchev–Trinajstić information content (AvgIpc) is 3.27. The van der Waals surface area contributed by atoms with Gasteiger partial charge in [0.05, 0.1) is 10.7 Å². The van der Waals surface area contributed by atoms with Crippen LogP contribution in [0.2, 0.25) is 0 Å². The second-order valence-corrected chi connectivity index (χ2v) is 9.35. The van der Waals surface area contributed by atoms with E-state index >= 15 is 0 Å². The second-order valence-electron chi connectivity index (χ2n) is 7.83. The van der Waals surface area contributed by atoms with Gasteiger partial charge in [0.1, 0.15) is 0 Å². The van der Waals surface area contributed by atoms with Gasteiger partial charge in [-0.15, -0.1) is 10.2 Å². The SMILES string of the molecule is C=C/C=C(\C(Cl)=C\C(F)F)n1ccn2c(SC3c4ccccc4C4=CC=CC=CC43)nnc2c1=O. The maximum Gasteiger partial charge on any atom is 0.300 e. The van der Waals surface area contributed by atoms with E-state index in [1.807, 2.05) is 30.4 Å². The molecule has 0 aliphatic heterocycles. The summed E-state index contributed by atoms with van der Waals surface area (Å²) in [6.45, 7) is 3.58. The van der Waals surface area contributed by atoms with Crippen molar-refractivity contribution in [1.82, 2.24) is 19.2 Å². The monoisotopic (exact) mass is 508 g/mol. The van der Waals surface area contributed by atoms with Crippen LogP contribution in [0.15, 0.2) is 107 Å². The molecule has 2 atom stereocenters. The number of rotatable bonds is 6. The molecule has 0 fully saturated rings. The Morgan fingerprint density at radius 3 is 2.80 bits per heavy atom. The van der Waals surface area contributed by atoms with Crippen LogP contribution in [0.25, 0.3) is 16.9 Å². The van der Waals surface area contributed by atoms with Crippen molar-refractivity contribution in [3.8, 4) is 0 Å². The zero-order valence-electron chi connectivity index (χ0n) is 18.3. The Morgan fingerprint density at radius 2 is 2.00 bits per heavy atom. The van der Waals surface area contributed by atoms with Gasteiger partial charge < -0.3 is 0 Å². The van der Waals surface area contributed by atoms with Gasteiger partial charge in [0.15, 0.2) is 5.16 Å². The molecule has 1 aromatic carbocycles. The molecule has 0 radical (unpaired) electrons. The Hall–Kier alpha value is -3.49. The van der Waals surface area contributed by atoms with Crippen LogP contribution < -0.4 is 5.56 Å². The summed E-state index contributed by atoms with van der Waals surface area (Å²) in [5, 5.41) is 8.73. The summed E-state index contributed by atoms with van der Waals surface area (Å²) in [6, 6.07) is 8.27. The van der Waals surface area contributed by atoms with Crippen LogP contribution in [-0.2, 0) is 0 Å². The van der Waals surface area contributed by atoms with Gasteiger partial charge in [0.2, 0.25) is 5.65 Å². The predicted octanol–water partition coefficient (Wildman–Crippen LogP) is 6.28. The maximum absolute atomic E-state index is 13.2. The summed E-state index contributed by atoms with van der Waals surface area (Å²) in [6.07, 6.45) is 14.0. The molecule has 176 valence electrons. The number of alkyl halides is 2. The van der Waals surface area contributed by atoms with Crippen molar-refractivity contribution in [1.29, 1.82) is 0 Å². The number of aromatic nitrogens is 4. The van der Waals surface area contributed by atoms with Crippen molar-refractivity contribution in [2.24, 2.45) is 5.92 Å². The summed E-state index contributed by atoms with van der Waals surface area (Å²) in [7, 11) is 0. The molecule has 0 spiro atoms. The third-order valence-electron chi connectivity index (χ3n) is 5.80. The van der Waals surface area contributed by atoms with E-state index in [-0.39, 0.29) is 27.5 Å². The van der Waals surface area contributed by atoms with Gasteiger partial charge in [0.25, 0.3) is 6.43 Å². The average molecular weight is 509 g/mol. The number of allylic oxidation sites excluding steroid dienone is 11.